The summed E-state index contributed by atoms with van der Waals surface area (Å²) in [6.07, 6.45) is 0. The van der Waals surface area contributed by atoms with Crippen LogP contribution in [0, 0.1) is 5.82 Å². The van der Waals surface area contributed by atoms with Crippen LogP contribution in [0.15, 0.2) is 16.6 Å². The molecule has 1 N–H and O–H groups in total. The molecule has 0 heterocycles. The lowest BCUT2D eigenvalue weighted by atomic mass is 10.3. The molecule has 0 unspecified atom stereocenters. The topological polar surface area (TPSA) is 29.5 Å². The van der Waals surface area contributed by atoms with Crippen molar-refractivity contribution in [3.63, 3.8) is 0 Å². The molecule has 0 spiro atoms. The van der Waals surface area contributed by atoms with Gasteiger partial charge in [0, 0.05) is 12.1 Å². The molecule has 0 aromatic heterocycles. The number of phenolic OH excluding ortho intramolecular Hbond substituents is 1. The van der Waals surface area contributed by atoms with Crippen LogP contribution in [0.1, 0.15) is 6.92 Å². The van der Waals surface area contributed by atoms with Gasteiger partial charge in [-0.1, -0.05) is 0 Å². The van der Waals surface area contributed by atoms with Crippen molar-refractivity contribution in [2.75, 3.05) is 6.61 Å². The molecule has 0 atom stereocenters. The first-order chi connectivity index (χ1) is 5.65. The Labute approximate surface area is 78.1 Å². The summed E-state index contributed by atoms with van der Waals surface area (Å²) in [4.78, 5) is 0. The van der Waals surface area contributed by atoms with Crippen LogP contribution in [0.25, 0.3) is 0 Å². The molecule has 0 radical (unpaired) electrons. The van der Waals surface area contributed by atoms with Gasteiger partial charge in [0.25, 0.3) is 0 Å². The molecule has 0 saturated carbocycles. The Bertz CT molecular complexity index is 289. The van der Waals surface area contributed by atoms with E-state index in [9.17, 15) is 4.39 Å². The van der Waals surface area contributed by atoms with E-state index in [1.807, 2.05) is 0 Å². The predicted octanol–water partition coefficient (Wildman–Crippen LogP) is 2.69. The maximum Gasteiger partial charge on any atom is 0.144 e. The van der Waals surface area contributed by atoms with Crippen LogP contribution >= 0.6 is 15.9 Å². The molecule has 12 heavy (non-hydrogen) atoms. The Kier molecular flexibility index (Phi) is 2.92. The smallest absolute Gasteiger partial charge is 0.144 e. The maximum absolute atomic E-state index is 12.9. The lowest BCUT2D eigenvalue weighted by Gasteiger charge is -2.06. The van der Waals surface area contributed by atoms with E-state index in [0.29, 0.717) is 12.4 Å². The summed E-state index contributed by atoms with van der Waals surface area (Å²) >= 11 is 3.00. The molecule has 66 valence electrons. The standard InChI is InChI=1S/C8H8BrFO2/c1-2-12-7-4-5(11)3-6(10)8(7)9/h3-4,11H,2H2,1H3. The number of rotatable bonds is 2. The third-order valence-corrected chi connectivity index (χ3v) is 2.05. The average molecular weight is 235 g/mol. The normalized spacial score (nSPS) is 9.92. The summed E-state index contributed by atoms with van der Waals surface area (Å²) in [5.74, 6) is -0.354. The van der Waals surface area contributed by atoms with E-state index in [4.69, 9.17) is 9.84 Å². The summed E-state index contributed by atoms with van der Waals surface area (Å²) in [5, 5.41) is 9.00. The van der Waals surface area contributed by atoms with Crippen molar-refractivity contribution >= 4 is 15.9 Å². The second-order valence-electron chi connectivity index (χ2n) is 2.17. The van der Waals surface area contributed by atoms with Gasteiger partial charge in [0.1, 0.15) is 17.3 Å². The Morgan fingerprint density at radius 1 is 1.58 bits per heavy atom. The highest BCUT2D eigenvalue weighted by Crippen LogP contribution is 2.31. The van der Waals surface area contributed by atoms with E-state index in [1.54, 1.807) is 6.92 Å². The van der Waals surface area contributed by atoms with E-state index in [-0.39, 0.29) is 10.2 Å². The predicted molar refractivity (Wildman–Crippen MR) is 46.9 cm³/mol. The highest BCUT2D eigenvalue weighted by molar-refractivity contribution is 9.10. The molecule has 0 aliphatic rings. The van der Waals surface area contributed by atoms with Gasteiger partial charge in [0.05, 0.1) is 11.1 Å². The molecule has 1 aromatic carbocycles. The molecule has 1 aromatic rings. The van der Waals surface area contributed by atoms with E-state index in [0.717, 1.165) is 6.07 Å². The van der Waals surface area contributed by atoms with Crippen LogP contribution in [-0.2, 0) is 0 Å². The lowest BCUT2D eigenvalue weighted by molar-refractivity contribution is 0.332. The van der Waals surface area contributed by atoms with Crippen LogP contribution < -0.4 is 4.74 Å². The molecule has 0 amide bonds. The third kappa shape index (κ3) is 1.88. The molecular weight excluding hydrogens is 227 g/mol. The maximum atomic E-state index is 12.9. The zero-order valence-electron chi connectivity index (χ0n) is 6.47. The van der Waals surface area contributed by atoms with Crippen LogP contribution in [0.2, 0.25) is 0 Å². The first-order valence-corrected chi connectivity index (χ1v) is 4.25. The zero-order chi connectivity index (χ0) is 9.14. The highest BCUT2D eigenvalue weighted by atomic mass is 79.9. The Morgan fingerprint density at radius 2 is 2.25 bits per heavy atom. The number of halogens is 2. The van der Waals surface area contributed by atoms with Crippen molar-refractivity contribution < 1.29 is 14.2 Å². The number of benzene rings is 1. The number of hydrogen-bond donors (Lipinski definition) is 1. The fourth-order valence-corrected chi connectivity index (χ4v) is 1.15. The summed E-state index contributed by atoms with van der Waals surface area (Å²) in [7, 11) is 0. The number of aromatic hydroxyl groups is 1. The minimum absolute atomic E-state index is 0.140. The molecule has 0 saturated heterocycles. The van der Waals surface area contributed by atoms with Crippen molar-refractivity contribution in [2.24, 2.45) is 0 Å². The molecular formula is C8H8BrFO2. The SMILES string of the molecule is CCOc1cc(O)cc(F)c1Br. The summed E-state index contributed by atoms with van der Waals surface area (Å²) in [5.41, 5.74) is 0. The highest BCUT2D eigenvalue weighted by Gasteiger charge is 2.08. The minimum atomic E-state index is -0.529. The summed E-state index contributed by atoms with van der Waals surface area (Å²) < 4.78 is 18.2. The number of phenols is 1. The Morgan fingerprint density at radius 3 is 2.83 bits per heavy atom. The van der Waals surface area contributed by atoms with Gasteiger partial charge < -0.3 is 9.84 Å². The van der Waals surface area contributed by atoms with Crippen LogP contribution in [0.5, 0.6) is 11.5 Å². The number of ether oxygens (including phenoxy) is 1. The van der Waals surface area contributed by atoms with Gasteiger partial charge in [0.15, 0.2) is 0 Å². The summed E-state index contributed by atoms with van der Waals surface area (Å²) in [6, 6.07) is 2.38. The van der Waals surface area contributed by atoms with Crippen LogP contribution in [-0.4, -0.2) is 11.7 Å². The zero-order valence-corrected chi connectivity index (χ0v) is 8.06. The van der Waals surface area contributed by atoms with Gasteiger partial charge in [-0.15, -0.1) is 0 Å². The molecule has 0 aliphatic heterocycles. The largest absolute Gasteiger partial charge is 0.508 e. The Balaban J connectivity index is 3.09. The lowest BCUT2D eigenvalue weighted by Crippen LogP contribution is -1.93. The van der Waals surface area contributed by atoms with Gasteiger partial charge in [-0.25, -0.2) is 4.39 Å². The van der Waals surface area contributed by atoms with Crippen molar-refractivity contribution in [1.29, 1.82) is 0 Å². The van der Waals surface area contributed by atoms with Gasteiger partial charge in [-0.3, -0.25) is 0 Å². The van der Waals surface area contributed by atoms with Gasteiger partial charge in [0.2, 0.25) is 0 Å². The molecule has 4 heteroatoms. The second kappa shape index (κ2) is 3.76. The average Bonchev–Trinajstić information content (AvgIpc) is 2.00. The van der Waals surface area contributed by atoms with Crippen molar-refractivity contribution in [3.05, 3.63) is 22.4 Å². The van der Waals surface area contributed by atoms with Gasteiger partial charge in [-0.05, 0) is 22.9 Å². The monoisotopic (exact) mass is 234 g/mol. The first kappa shape index (κ1) is 9.32. The van der Waals surface area contributed by atoms with Crippen molar-refractivity contribution in [1.82, 2.24) is 0 Å². The molecule has 1 rings (SSSR count). The van der Waals surface area contributed by atoms with E-state index in [2.05, 4.69) is 15.9 Å². The van der Waals surface area contributed by atoms with Crippen LogP contribution in [0.3, 0.4) is 0 Å². The number of hydrogen-bond acceptors (Lipinski definition) is 2. The first-order valence-electron chi connectivity index (χ1n) is 3.46. The minimum Gasteiger partial charge on any atom is -0.508 e. The molecule has 0 aliphatic carbocycles. The van der Waals surface area contributed by atoms with Crippen molar-refractivity contribution in [2.45, 2.75) is 6.92 Å². The van der Waals surface area contributed by atoms with E-state index < -0.39 is 5.82 Å². The van der Waals surface area contributed by atoms with E-state index >= 15 is 0 Å². The second-order valence-corrected chi connectivity index (χ2v) is 2.97. The van der Waals surface area contributed by atoms with E-state index in [1.165, 1.54) is 6.07 Å². The third-order valence-electron chi connectivity index (χ3n) is 1.28. The molecule has 0 bridgehead atoms. The fourth-order valence-electron chi connectivity index (χ4n) is 0.811. The van der Waals surface area contributed by atoms with Gasteiger partial charge in [-0.2, -0.15) is 0 Å². The fraction of sp³-hybridized carbons (Fsp3) is 0.250. The van der Waals surface area contributed by atoms with Crippen molar-refractivity contribution in [3.8, 4) is 11.5 Å². The Hall–Kier alpha value is -0.770. The summed E-state index contributed by atoms with van der Waals surface area (Å²) in [6.45, 7) is 2.22. The quantitative estimate of drug-likeness (QED) is 0.853. The molecule has 0 fully saturated rings. The van der Waals surface area contributed by atoms with Gasteiger partial charge >= 0.3 is 0 Å². The molecule has 2 nitrogen and oxygen atoms in total. The van der Waals surface area contributed by atoms with Crippen LogP contribution in [0.4, 0.5) is 4.39 Å².